The Kier molecular flexibility index (Phi) is 5.30. The van der Waals surface area contributed by atoms with Gasteiger partial charge in [0.1, 0.15) is 0 Å². The van der Waals surface area contributed by atoms with Gasteiger partial charge in [0.05, 0.1) is 5.56 Å². The molecule has 1 unspecified atom stereocenters. The SMILES string of the molecule is CC(=O)N1CCCC(c2ccc(Cc3cccc(C(F)(F)F)c3)cn2)C1. The van der Waals surface area contributed by atoms with Crippen LogP contribution >= 0.6 is 0 Å². The number of likely N-dealkylation sites (tertiary alicyclic amines) is 1. The van der Waals surface area contributed by atoms with Gasteiger partial charge in [-0.25, -0.2) is 0 Å². The molecular formula is C20H21F3N2O. The van der Waals surface area contributed by atoms with Gasteiger partial charge in [0.25, 0.3) is 0 Å². The van der Waals surface area contributed by atoms with Crippen LogP contribution in [0.4, 0.5) is 13.2 Å². The van der Waals surface area contributed by atoms with Gasteiger partial charge >= 0.3 is 6.18 Å². The van der Waals surface area contributed by atoms with Crippen molar-refractivity contribution in [2.75, 3.05) is 13.1 Å². The third-order valence-electron chi connectivity index (χ3n) is 4.80. The van der Waals surface area contributed by atoms with E-state index >= 15 is 0 Å². The lowest BCUT2D eigenvalue weighted by Gasteiger charge is -2.31. The molecular weight excluding hydrogens is 341 g/mol. The van der Waals surface area contributed by atoms with Gasteiger partial charge in [-0.05, 0) is 42.5 Å². The fraction of sp³-hybridized carbons (Fsp3) is 0.400. The summed E-state index contributed by atoms with van der Waals surface area (Å²) < 4.78 is 38.4. The first-order valence-corrected chi connectivity index (χ1v) is 8.69. The molecule has 3 rings (SSSR count). The van der Waals surface area contributed by atoms with Gasteiger partial charge < -0.3 is 4.90 Å². The molecule has 1 aliphatic rings. The Morgan fingerprint density at radius 2 is 2.04 bits per heavy atom. The van der Waals surface area contributed by atoms with Crippen molar-refractivity contribution in [3.05, 3.63) is 65.0 Å². The molecule has 6 heteroatoms. The summed E-state index contributed by atoms with van der Waals surface area (Å²) in [7, 11) is 0. The Labute approximate surface area is 150 Å². The fourth-order valence-corrected chi connectivity index (χ4v) is 3.38. The second-order valence-corrected chi connectivity index (χ2v) is 6.77. The molecule has 1 aromatic heterocycles. The number of nitrogens with zero attached hydrogens (tertiary/aromatic N) is 2. The molecule has 0 aliphatic carbocycles. The van der Waals surface area contributed by atoms with E-state index in [0.29, 0.717) is 18.5 Å². The van der Waals surface area contributed by atoms with Crippen LogP contribution in [0, 0.1) is 0 Å². The average molecular weight is 362 g/mol. The van der Waals surface area contributed by atoms with Gasteiger partial charge in [-0.1, -0.05) is 24.3 Å². The molecule has 1 aliphatic heterocycles. The molecule has 0 N–H and O–H groups in total. The van der Waals surface area contributed by atoms with Crippen molar-refractivity contribution in [1.29, 1.82) is 0 Å². The summed E-state index contributed by atoms with van der Waals surface area (Å²) in [5.74, 6) is 0.297. The lowest BCUT2D eigenvalue weighted by molar-refractivity contribution is -0.137. The number of carbonyl (C=O) groups excluding carboxylic acids is 1. The number of aromatic nitrogens is 1. The number of amides is 1. The molecule has 138 valence electrons. The number of piperidine rings is 1. The predicted molar refractivity (Wildman–Crippen MR) is 92.7 cm³/mol. The molecule has 2 aromatic rings. The second kappa shape index (κ2) is 7.48. The molecule has 0 radical (unpaired) electrons. The van der Waals surface area contributed by atoms with Crippen molar-refractivity contribution in [2.45, 2.75) is 38.3 Å². The van der Waals surface area contributed by atoms with Crippen LogP contribution in [-0.2, 0) is 17.4 Å². The van der Waals surface area contributed by atoms with Gasteiger partial charge in [0.15, 0.2) is 0 Å². The van der Waals surface area contributed by atoms with E-state index in [1.807, 2.05) is 17.0 Å². The van der Waals surface area contributed by atoms with Gasteiger partial charge in [-0.3, -0.25) is 9.78 Å². The average Bonchev–Trinajstić information content (AvgIpc) is 2.62. The second-order valence-electron chi connectivity index (χ2n) is 6.77. The Bertz CT molecular complexity index is 771. The Balaban J connectivity index is 1.69. The lowest BCUT2D eigenvalue weighted by Crippen LogP contribution is -2.37. The molecule has 1 aromatic carbocycles. The Morgan fingerprint density at radius 3 is 2.69 bits per heavy atom. The molecule has 1 amide bonds. The molecule has 0 bridgehead atoms. The predicted octanol–water partition coefficient (Wildman–Crippen LogP) is 4.42. The van der Waals surface area contributed by atoms with Gasteiger partial charge in [0, 0.05) is 37.8 Å². The highest BCUT2D eigenvalue weighted by atomic mass is 19.4. The maximum Gasteiger partial charge on any atom is 0.416 e. The van der Waals surface area contributed by atoms with E-state index in [-0.39, 0.29) is 11.8 Å². The zero-order valence-corrected chi connectivity index (χ0v) is 14.6. The maximum absolute atomic E-state index is 12.8. The number of hydrogen-bond donors (Lipinski definition) is 0. The highest BCUT2D eigenvalue weighted by molar-refractivity contribution is 5.73. The number of halogens is 3. The molecule has 1 fully saturated rings. The number of alkyl halides is 3. The third-order valence-corrected chi connectivity index (χ3v) is 4.80. The monoisotopic (exact) mass is 362 g/mol. The van der Waals surface area contributed by atoms with E-state index in [4.69, 9.17) is 0 Å². The first-order chi connectivity index (χ1) is 12.3. The normalized spacial score (nSPS) is 18.0. The van der Waals surface area contributed by atoms with Crippen molar-refractivity contribution in [3.8, 4) is 0 Å². The van der Waals surface area contributed by atoms with E-state index in [1.54, 1.807) is 19.2 Å². The summed E-state index contributed by atoms with van der Waals surface area (Å²) in [6.45, 7) is 3.04. The molecule has 1 atom stereocenters. The van der Waals surface area contributed by atoms with Gasteiger partial charge in [0.2, 0.25) is 5.91 Å². The van der Waals surface area contributed by atoms with Gasteiger partial charge in [-0.2, -0.15) is 13.2 Å². The van der Waals surface area contributed by atoms with E-state index in [0.717, 1.165) is 36.7 Å². The largest absolute Gasteiger partial charge is 0.416 e. The summed E-state index contributed by atoms with van der Waals surface area (Å²) >= 11 is 0. The minimum absolute atomic E-state index is 0.0795. The van der Waals surface area contributed by atoms with Crippen LogP contribution in [0.3, 0.4) is 0 Å². The Morgan fingerprint density at radius 1 is 1.23 bits per heavy atom. The minimum atomic E-state index is -4.33. The minimum Gasteiger partial charge on any atom is -0.342 e. The first-order valence-electron chi connectivity index (χ1n) is 8.69. The molecule has 3 nitrogen and oxygen atoms in total. The quantitative estimate of drug-likeness (QED) is 0.810. The number of hydrogen-bond acceptors (Lipinski definition) is 2. The van der Waals surface area contributed by atoms with Crippen LogP contribution in [0.2, 0.25) is 0 Å². The lowest BCUT2D eigenvalue weighted by atomic mass is 9.93. The standard InChI is InChI=1S/C20H21F3N2O/c1-14(26)25-9-3-5-17(13-25)19-8-7-16(12-24-19)10-15-4-2-6-18(11-15)20(21,22)23/h2,4,6-8,11-12,17H,3,5,9-10,13H2,1H3. The van der Waals surface area contributed by atoms with E-state index in [9.17, 15) is 18.0 Å². The molecule has 26 heavy (non-hydrogen) atoms. The topological polar surface area (TPSA) is 33.2 Å². The zero-order chi connectivity index (χ0) is 18.7. The van der Waals surface area contributed by atoms with Crippen molar-refractivity contribution in [1.82, 2.24) is 9.88 Å². The van der Waals surface area contributed by atoms with E-state index in [2.05, 4.69) is 4.98 Å². The van der Waals surface area contributed by atoms with E-state index in [1.165, 1.54) is 12.1 Å². The van der Waals surface area contributed by atoms with Crippen molar-refractivity contribution >= 4 is 5.91 Å². The van der Waals surface area contributed by atoms with E-state index < -0.39 is 11.7 Å². The molecule has 0 saturated carbocycles. The summed E-state index contributed by atoms with van der Waals surface area (Å²) in [6, 6.07) is 9.22. The summed E-state index contributed by atoms with van der Waals surface area (Å²) in [5, 5.41) is 0. The Hall–Kier alpha value is -2.37. The van der Waals surface area contributed by atoms with Gasteiger partial charge in [-0.15, -0.1) is 0 Å². The summed E-state index contributed by atoms with van der Waals surface area (Å²) in [5.41, 5.74) is 1.77. The van der Waals surface area contributed by atoms with Crippen molar-refractivity contribution in [3.63, 3.8) is 0 Å². The zero-order valence-electron chi connectivity index (χ0n) is 14.6. The number of carbonyl (C=O) groups is 1. The highest BCUT2D eigenvalue weighted by Gasteiger charge is 2.30. The number of pyridine rings is 1. The third kappa shape index (κ3) is 4.42. The van der Waals surface area contributed by atoms with Crippen LogP contribution < -0.4 is 0 Å². The summed E-state index contributed by atoms with van der Waals surface area (Å²) in [6.07, 6.45) is -0.257. The van der Waals surface area contributed by atoms with Crippen molar-refractivity contribution < 1.29 is 18.0 Å². The molecule has 1 saturated heterocycles. The smallest absolute Gasteiger partial charge is 0.342 e. The van der Waals surface area contributed by atoms with Crippen LogP contribution in [0.1, 0.15) is 48.1 Å². The number of rotatable bonds is 3. The van der Waals surface area contributed by atoms with Crippen molar-refractivity contribution in [2.24, 2.45) is 0 Å². The van der Waals surface area contributed by atoms with Crippen LogP contribution in [-0.4, -0.2) is 28.9 Å². The van der Waals surface area contributed by atoms with Crippen LogP contribution in [0.5, 0.6) is 0 Å². The molecule has 2 heterocycles. The van der Waals surface area contributed by atoms with Crippen LogP contribution in [0.25, 0.3) is 0 Å². The fourth-order valence-electron chi connectivity index (χ4n) is 3.38. The summed E-state index contributed by atoms with van der Waals surface area (Å²) in [4.78, 5) is 17.9. The highest BCUT2D eigenvalue weighted by Crippen LogP contribution is 2.30. The maximum atomic E-state index is 12.8. The van der Waals surface area contributed by atoms with Crippen LogP contribution in [0.15, 0.2) is 42.6 Å². The first kappa shape index (κ1) is 18.4. The number of benzene rings is 1. The molecule has 0 spiro atoms.